The number of terminal acetylenes is 1. The zero-order chi connectivity index (χ0) is 26.1. The molecule has 6 nitrogen and oxygen atoms in total. The highest BCUT2D eigenvalue weighted by Crippen LogP contribution is 2.33. The second kappa shape index (κ2) is 16.7. The second-order valence-corrected chi connectivity index (χ2v) is 6.75. The number of halogens is 3. The summed E-state index contributed by atoms with van der Waals surface area (Å²) < 4.78 is 34.1. The SMILES string of the molecule is C#C.CCC1CCC(c2cc(NC(=O)c3ccc(C#N)cn3)ccc2F)N=C1N.CCF.CF. The van der Waals surface area contributed by atoms with Crippen molar-refractivity contribution < 1.29 is 18.0 Å². The van der Waals surface area contributed by atoms with Crippen molar-refractivity contribution in [2.75, 3.05) is 19.2 Å². The predicted molar refractivity (Wildman–Crippen MR) is 129 cm³/mol. The van der Waals surface area contributed by atoms with Crippen molar-refractivity contribution in [2.45, 2.75) is 39.2 Å². The quantitative estimate of drug-likeness (QED) is 0.582. The average Bonchev–Trinajstić information content (AvgIpc) is 2.88. The Morgan fingerprint density at radius 1 is 1.24 bits per heavy atom. The first-order valence-electron chi connectivity index (χ1n) is 10.5. The minimum Gasteiger partial charge on any atom is -0.387 e. The number of aromatic nitrogens is 1. The lowest BCUT2D eigenvalue weighted by atomic mass is 9.90. The molecule has 0 fully saturated rings. The summed E-state index contributed by atoms with van der Waals surface area (Å²) in [6.07, 6.45) is 11.8. The van der Waals surface area contributed by atoms with E-state index in [-0.39, 0.29) is 30.1 Å². The van der Waals surface area contributed by atoms with Gasteiger partial charge in [0.2, 0.25) is 0 Å². The molecule has 1 aromatic carbocycles. The third-order valence-corrected chi connectivity index (χ3v) is 4.74. The summed E-state index contributed by atoms with van der Waals surface area (Å²) in [5.74, 6) is -0.00484. The van der Waals surface area contributed by atoms with E-state index < -0.39 is 5.91 Å². The number of hydrogen-bond donors (Lipinski definition) is 2. The molecule has 182 valence electrons. The zero-order valence-electron chi connectivity index (χ0n) is 19.6. The number of amides is 1. The number of nitrogens with two attached hydrogens (primary N) is 1. The molecule has 0 saturated heterocycles. The maximum atomic E-state index is 14.3. The van der Waals surface area contributed by atoms with E-state index in [9.17, 15) is 18.0 Å². The molecule has 2 unspecified atom stereocenters. The highest BCUT2D eigenvalue weighted by molar-refractivity contribution is 6.02. The van der Waals surface area contributed by atoms with E-state index in [0.29, 0.717) is 36.2 Å². The third-order valence-electron chi connectivity index (χ3n) is 4.74. The van der Waals surface area contributed by atoms with Crippen LogP contribution in [0.4, 0.5) is 18.9 Å². The molecule has 0 aliphatic carbocycles. The van der Waals surface area contributed by atoms with E-state index in [1.54, 1.807) is 6.07 Å². The molecule has 1 aromatic heterocycles. The minimum absolute atomic E-state index is 0.172. The van der Waals surface area contributed by atoms with Crippen molar-refractivity contribution in [1.82, 2.24) is 4.98 Å². The standard InChI is InChI=1S/C20H20FN5O.C2H5F.C2H2.CH3F/c1-2-13-4-8-17(26-19(13)23)15-9-14(5-6-16(15)21)25-20(27)18-7-3-12(10-22)11-24-18;1-2-3;2*1-2/h3,5-7,9,11,13,17H,2,4,8H2,1H3,(H2,23,26)(H,25,27);2H2,1H3;1-2H;1H3. The molecule has 0 bridgehead atoms. The molecule has 9 heteroatoms. The average molecular weight is 474 g/mol. The minimum atomic E-state index is -0.435. The highest BCUT2D eigenvalue weighted by atomic mass is 19.1. The fourth-order valence-corrected chi connectivity index (χ4v) is 3.16. The highest BCUT2D eigenvalue weighted by Gasteiger charge is 2.25. The van der Waals surface area contributed by atoms with Crippen molar-refractivity contribution in [1.29, 1.82) is 5.26 Å². The van der Waals surface area contributed by atoms with E-state index in [4.69, 9.17) is 11.0 Å². The van der Waals surface area contributed by atoms with Crippen LogP contribution < -0.4 is 11.1 Å². The van der Waals surface area contributed by atoms with Crippen LogP contribution in [0.15, 0.2) is 41.5 Å². The van der Waals surface area contributed by atoms with Gasteiger partial charge in [-0.25, -0.2) is 9.37 Å². The van der Waals surface area contributed by atoms with E-state index in [2.05, 4.69) is 35.1 Å². The van der Waals surface area contributed by atoms with Gasteiger partial charge in [-0.1, -0.05) is 6.92 Å². The van der Waals surface area contributed by atoms with Gasteiger partial charge in [0.25, 0.3) is 5.91 Å². The van der Waals surface area contributed by atoms with E-state index in [0.717, 1.165) is 12.8 Å². The van der Waals surface area contributed by atoms with Gasteiger partial charge in [-0.05, 0) is 56.5 Å². The zero-order valence-corrected chi connectivity index (χ0v) is 19.6. The number of hydrogen-bond acceptors (Lipinski definition) is 5. The number of aliphatic imine (C=N–C) groups is 1. The Morgan fingerprint density at radius 2 is 1.88 bits per heavy atom. The molecule has 3 N–H and O–H groups in total. The first kappa shape index (κ1) is 30.1. The van der Waals surface area contributed by atoms with Gasteiger partial charge >= 0.3 is 0 Å². The first-order valence-corrected chi connectivity index (χ1v) is 10.5. The lowest BCUT2D eigenvalue weighted by molar-refractivity contribution is 0.102. The molecule has 0 radical (unpaired) electrons. The molecule has 3 rings (SSSR count). The molecule has 1 aliphatic heterocycles. The van der Waals surface area contributed by atoms with Gasteiger partial charge in [-0.2, -0.15) is 5.26 Å². The monoisotopic (exact) mass is 473 g/mol. The number of amidine groups is 1. The Bertz CT molecular complexity index is 984. The Labute approximate surface area is 199 Å². The van der Waals surface area contributed by atoms with Gasteiger partial charge in [-0.3, -0.25) is 18.6 Å². The molecule has 0 saturated carbocycles. The molecule has 0 spiro atoms. The molecule has 2 atom stereocenters. The first-order chi connectivity index (χ1) is 16.4. The van der Waals surface area contributed by atoms with E-state index in [1.807, 2.05) is 6.07 Å². The fourth-order valence-electron chi connectivity index (χ4n) is 3.16. The lowest BCUT2D eigenvalue weighted by Gasteiger charge is -2.25. The number of nitrogens with one attached hydrogen (secondary N) is 1. The Hall–Kier alpha value is -3.85. The lowest BCUT2D eigenvalue weighted by Crippen LogP contribution is -2.28. The molecule has 1 amide bonds. The normalized spacial score (nSPS) is 15.9. The maximum Gasteiger partial charge on any atom is 0.274 e. The smallest absolute Gasteiger partial charge is 0.274 e. The Morgan fingerprint density at radius 3 is 2.38 bits per heavy atom. The van der Waals surface area contributed by atoms with Crippen LogP contribution in [-0.4, -0.2) is 30.6 Å². The van der Waals surface area contributed by atoms with Gasteiger partial charge in [0.1, 0.15) is 17.6 Å². The summed E-state index contributed by atoms with van der Waals surface area (Å²) in [5.41, 5.74) is 7.42. The Balaban J connectivity index is 0.00000141. The topological polar surface area (TPSA) is 104 Å². The number of carbonyl (C=O) groups excluding carboxylic acids is 1. The van der Waals surface area contributed by atoms with Crippen LogP contribution in [0.3, 0.4) is 0 Å². The molecular weight excluding hydrogens is 443 g/mol. The number of nitriles is 1. The Kier molecular flexibility index (Phi) is 14.8. The molecular formula is C25H30F3N5O. The van der Waals surface area contributed by atoms with Crippen LogP contribution in [0.25, 0.3) is 0 Å². The maximum absolute atomic E-state index is 14.3. The summed E-state index contributed by atoms with van der Waals surface area (Å²) >= 11 is 0. The predicted octanol–water partition coefficient (Wildman–Crippen LogP) is 5.37. The van der Waals surface area contributed by atoms with Crippen molar-refractivity contribution >= 4 is 17.4 Å². The van der Waals surface area contributed by atoms with Gasteiger partial charge < -0.3 is 11.1 Å². The van der Waals surface area contributed by atoms with Crippen LogP contribution in [0.5, 0.6) is 0 Å². The largest absolute Gasteiger partial charge is 0.387 e. The summed E-state index contributed by atoms with van der Waals surface area (Å²) in [6.45, 7) is 3.27. The molecule has 1 aliphatic rings. The van der Waals surface area contributed by atoms with Gasteiger partial charge in [-0.15, -0.1) is 12.8 Å². The van der Waals surface area contributed by atoms with E-state index in [1.165, 1.54) is 37.4 Å². The summed E-state index contributed by atoms with van der Waals surface area (Å²) in [6, 6.07) is 8.97. The van der Waals surface area contributed by atoms with Crippen LogP contribution in [-0.2, 0) is 0 Å². The second-order valence-electron chi connectivity index (χ2n) is 6.75. The van der Waals surface area contributed by atoms with Crippen molar-refractivity contribution in [3.8, 4) is 18.9 Å². The third kappa shape index (κ3) is 8.95. The van der Waals surface area contributed by atoms with Crippen LogP contribution in [0.2, 0.25) is 0 Å². The number of anilines is 1. The van der Waals surface area contributed by atoms with Crippen molar-refractivity contribution in [3.05, 3.63) is 59.2 Å². The number of nitrogens with zero attached hydrogens (tertiary/aromatic N) is 3. The van der Waals surface area contributed by atoms with E-state index >= 15 is 0 Å². The molecule has 2 aromatic rings. The number of alkyl halides is 2. The summed E-state index contributed by atoms with van der Waals surface area (Å²) in [7, 11) is 0.500. The number of benzene rings is 1. The molecule has 34 heavy (non-hydrogen) atoms. The number of carbonyl (C=O) groups is 1. The van der Waals surface area contributed by atoms with Gasteiger partial charge in [0.05, 0.1) is 31.3 Å². The van der Waals surface area contributed by atoms with Crippen LogP contribution >= 0.6 is 0 Å². The number of pyridine rings is 1. The van der Waals surface area contributed by atoms with Gasteiger partial charge in [0, 0.05) is 23.4 Å². The molecule has 2 heterocycles. The summed E-state index contributed by atoms with van der Waals surface area (Å²) in [4.78, 5) is 20.7. The summed E-state index contributed by atoms with van der Waals surface area (Å²) in [5, 5.41) is 11.5. The van der Waals surface area contributed by atoms with Crippen molar-refractivity contribution in [2.24, 2.45) is 16.6 Å². The van der Waals surface area contributed by atoms with Gasteiger partial charge in [0.15, 0.2) is 0 Å². The van der Waals surface area contributed by atoms with Crippen molar-refractivity contribution in [3.63, 3.8) is 0 Å². The van der Waals surface area contributed by atoms with Crippen LogP contribution in [0.1, 0.15) is 60.8 Å². The fraction of sp³-hybridized carbons (Fsp3) is 0.360. The number of rotatable bonds is 4. The van der Waals surface area contributed by atoms with Crippen LogP contribution in [0, 0.1) is 35.9 Å².